The minimum atomic E-state index is -1.71. The first-order valence-electron chi connectivity index (χ1n) is 31.6. The van der Waals surface area contributed by atoms with Gasteiger partial charge in [-0.25, -0.2) is 0 Å². The first-order chi connectivity index (χ1) is 37.6. The summed E-state index contributed by atoms with van der Waals surface area (Å²) in [5.41, 5.74) is 0. The number of aliphatic hydroxyl groups is 7. The second-order valence-electron chi connectivity index (χ2n) is 22.2. The Labute approximate surface area is 468 Å². The summed E-state index contributed by atoms with van der Waals surface area (Å²) in [5, 5.41) is 72.5. The van der Waals surface area contributed by atoms with Crippen LogP contribution in [0.5, 0.6) is 0 Å². The highest BCUT2D eigenvalue weighted by molar-refractivity contribution is 5.69. The van der Waals surface area contributed by atoms with Gasteiger partial charge in [0.1, 0.15) is 54.9 Å². The number of rotatable bonds is 52. The Balaban J connectivity index is 1.68. The van der Waals surface area contributed by atoms with Crippen LogP contribution in [0.1, 0.15) is 258 Å². The third kappa shape index (κ3) is 36.3. The molecule has 0 aromatic rings. The molecule has 2 aliphatic heterocycles. The van der Waals surface area contributed by atoms with Gasteiger partial charge in [-0.1, -0.05) is 237 Å². The Morgan fingerprint density at radius 2 is 0.805 bits per heavy atom. The molecule has 0 aromatic heterocycles. The van der Waals surface area contributed by atoms with Crippen LogP contribution in [0.3, 0.4) is 0 Å². The Kier molecular flexibility index (Phi) is 46.3. The molecule has 2 saturated heterocycles. The van der Waals surface area contributed by atoms with Gasteiger partial charge >= 0.3 is 5.97 Å². The summed E-state index contributed by atoms with van der Waals surface area (Å²) in [6.45, 7) is 3.72. The zero-order chi connectivity index (χ0) is 55.8. The average Bonchev–Trinajstić information content (AvgIpc) is 3.43. The smallest absolute Gasteiger partial charge is 0.306 e. The summed E-state index contributed by atoms with van der Waals surface area (Å²) >= 11 is 0. The highest BCUT2D eigenvalue weighted by atomic mass is 16.7. The van der Waals surface area contributed by atoms with Crippen molar-refractivity contribution in [1.29, 1.82) is 0 Å². The molecule has 0 saturated carbocycles. The molecule has 0 spiro atoms. The van der Waals surface area contributed by atoms with Crippen molar-refractivity contribution in [1.82, 2.24) is 0 Å². The first-order valence-corrected chi connectivity index (χ1v) is 31.6. The van der Waals surface area contributed by atoms with Gasteiger partial charge in [-0.2, -0.15) is 0 Å². The molecule has 2 aliphatic rings. The zero-order valence-electron chi connectivity index (χ0n) is 48.7. The van der Waals surface area contributed by atoms with Crippen LogP contribution in [0.15, 0.2) is 36.5 Å². The van der Waals surface area contributed by atoms with E-state index in [4.69, 9.17) is 28.4 Å². The fourth-order valence-corrected chi connectivity index (χ4v) is 10.1. The second kappa shape index (κ2) is 50.0. The molecule has 11 atom stereocenters. The molecule has 14 nitrogen and oxygen atoms in total. The molecular formula is C63H116O14. The molecule has 14 heteroatoms. The molecule has 452 valence electrons. The molecule has 11 unspecified atom stereocenters. The van der Waals surface area contributed by atoms with Crippen molar-refractivity contribution in [2.24, 2.45) is 0 Å². The molecule has 0 amide bonds. The van der Waals surface area contributed by atoms with Crippen LogP contribution in [0.2, 0.25) is 0 Å². The minimum absolute atomic E-state index is 0.0609. The molecule has 2 rings (SSSR count). The third-order valence-electron chi connectivity index (χ3n) is 15.2. The van der Waals surface area contributed by atoms with Crippen molar-refractivity contribution in [2.45, 2.75) is 325 Å². The van der Waals surface area contributed by atoms with E-state index < -0.39 is 80.7 Å². The van der Waals surface area contributed by atoms with Crippen LogP contribution in [-0.2, 0) is 33.2 Å². The van der Waals surface area contributed by atoms with Crippen LogP contribution in [0.4, 0.5) is 0 Å². The maximum atomic E-state index is 13.1. The van der Waals surface area contributed by atoms with E-state index in [2.05, 4.69) is 50.3 Å². The van der Waals surface area contributed by atoms with Crippen molar-refractivity contribution in [3.05, 3.63) is 36.5 Å². The Bertz CT molecular complexity index is 1410. The zero-order valence-corrected chi connectivity index (χ0v) is 48.7. The molecule has 2 heterocycles. The highest BCUT2D eigenvalue weighted by Gasteiger charge is 2.47. The van der Waals surface area contributed by atoms with Crippen molar-refractivity contribution in [2.75, 3.05) is 33.0 Å². The SMILES string of the molecule is CCCCCCC/C=C\C/C=C\C/C=C\CCCCCCCCCCCOCC(COC1OC(COC2OC(CO)C(O)C(O)C2O)C(O)C(O)C1O)OC(=O)CCCCCCCCCCCCCCCCCCCCC. The van der Waals surface area contributed by atoms with Gasteiger partial charge in [-0.05, 0) is 51.4 Å². The number of esters is 1. The fraction of sp³-hybridized carbons (Fsp3) is 0.889. The lowest BCUT2D eigenvalue weighted by Gasteiger charge is -2.42. The number of hydrogen-bond donors (Lipinski definition) is 7. The number of carbonyl (C=O) groups excluding carboxylic acids is 1. The molecule has 0 bridgehead atoms. The lowest BCUT2D eigenvalue weighted by atomic mass is 9.98. The monoisotopic (exact) mass is 1100 g/mol. The van der Waals surface area contributed by atoms with Gasteiger partial charge in [-0.3, -0.25) is 4.79 Å². The van der Waals surface area contributed by atoms with Gasteiger partial charge in [0.2, 0.25) is 0 Å². The van der Waals surface area contributed by atoms with E-state index in [1.54, 1.807) is 0 Å². The molecular weight excluding hydrogens is 981 g/mol. The van der Waals surface area contributed by atoms with E-state index in [0.29, 0.717) is 13.0 Å². The van der Waals surface area contributed by atoms with Crippen LogP contribution in [0.25, 0.3) is 0 Å². The summed E-state index contributed by atoms with van der Waals surface area (Å²) in [6.07, 6.45) is 43.5. The number of allylic oxidation sites excluding steroid dienone is 6. The first kappa shape index (κ1) is 71.3. The van der Waals surface area contributed by atoms with Crippen LogP contribution >= 0.6 is 0 Å². The van der Waals surface area contributed by atoms with Gasteiger partial charge in [0.05, 0.1) is 26.4 Å². The fourth-order valence-electron chi connectivity index (χ4n) is 10.1. The summed E-state index contributed by atoms with van der Waals surface area (Å²) in [4.78, 5) is 13.1. The van der Waals surface area contributed by atoms with E-state index in [1.807, 2.05) is 0 Å². The van der Waals surface area contributed by atoms with E-state index in [1.165, 1.54) is 173 Å². The molecule has 7 N–H and O–H groups in total. The quantitative estimate of drug-likeness (QED) is 0.0172. The summed E-state index contributed by atoms with van der Waals surface area (Å²) < 4.78 is 34.5. The van der Waals surface area contributed by atoms with Crippen LogP contribution in [-0.4, -0.2) is 142 Å². The van der Waals surface area contributed by atoms with Gasteiger partial charge < -0.3 is 64.2 Å². The number of aliphatic hydroxyl groups excluding tert-OH is 7. The Morgan fingerprint density at radius 3 is 1.26 bits per heavy atom. The molecule has 0 aromatic carbocycles. The van der Waals surface area contributed by atoms with Gasteiger partial charge in [0.25, 0.3) is 0 Å². The third-order valence-corrected chi connectivity index (χ3v) is 15.2. The van der Waals surface area contributed by atoms with E-state index in [9.17, 15) is 40.5 Å². The lowest BCUT2D eigenvalue weighted by molar-refractivity contribution is -0.332. The maximum Gasteiger partial charge on any atom is 0.306 e. The molecule has 2 fully saturated rings. The largest absolute Gasteiger partial charge is 0.457 e. The van der Waals surface area contributed by atoms with Crippen LogP contribution in [0, 0.1) is 0 Å². The van der Waals surface area contributed by atoms with Crippen molar-refractivity contribution in [3.8, 4) is 0 Å². The Morgan fingerprint density at radius 1 is 0.429 bits per heavy atom. The standard InChI is InChI=1S/C63H116O14/c1-3-5-7-9-11-13-15-17-19-21-23-24-25-26-27-29-31-33-35-37-39-41-43-45-47-72-49-52(75-55(65)46-44-42-40-38-36-34-32-30-28-22-20-18-16-14-12-10-8-6-4-2)50-73-62-61(71)59(69)57(67)54(77-62)51-74-63-60(70)58(68)56(66)53(48-64)76-63/h15,17,21,23,25-26,52-54,56-64,66-71H,3-14,16,18-20,22,24,27-51H2,1-2H3/b17-15-,23-21-,26-25-. The summed E-state index contributed by atoms with van der Waals surface area (Å²) in [5.74, 6) is -0.373. The minimum Gasteiger partial charge on any atom is -0.457 e. The predicted octanol–water partition coefficient (Wildman–Crippen LogP) is 12.1. The molecule has 0 aliphatic carbocycles. The van der Waals surface area contributed by atoms with E-state index in [0.717, 1.165) is 57.8 Å². The van der Waals surface area contributed by atoms with E-state index >= 15 is 0 Å². The average molecular weight is 1100 g/mol. The Hall–Kier alpha value is -1.79. The van der Waals surface area contributed by atoms with Gasteiger partial charge in [-0.15, -0.1) is 0 Å². The molecule has 77 heavy (non-hydrogen) atoms. The summed E-state index contributed by atoms with van der Waals surface area (Å²) in [7, 11) is 0. The number of carbonyl (C=O) groups is 1. The number of unbranched alkanes of at least 4 members (excludes halogenated alkanes) is 32. The van der Waals surface area contributed by atoms with Crippen molar-refractivity contribution in [3.63, 3.8) is 0 Å². The lowest BCUT2D eigenvalue weighted by Crippen LogP contribution is -2.61. The van der Waals surface area contributed by atoms with Crippen molar-refractivity contribution < 1.29 is 69.0 Å². The topological polar surface area (TPSA) is 214 Å². The second-order valence-corrected chi connectivity index (χ2v) is 22.2. The van der Waals surface area contributed by atoms with Gasteiger partial charge in [0, 0.05) is 13.0 Å². The summed E-state index contributed by atoms with van der Waals surface area (Å²) in [6, 6.07) is 0. The predicted molar refractivity (Wildman–Crippen MR) is 307 cm³/mol. The maximum absolute atomic E-state index is 13.1. The van der Waals surface area contributed by atoms with Crippen molar-refractivity contribution >= 4 is 5.97 Å². The van der Waals surface area contributed by atoms with E-state index in [-0.39, 0.29) is 25.6 Å². The van der Waals surface area contributed by atoms with Crippen LogP contribution < -0.4 is 0 Å². The molecule has 0 radical (unpaired) electrons. The number of hydrogen-bond acceptors (Lipinski definition) is 14. The highest BCUT2D eigenvalue weighted by Crippen LogP contribution is 2.27. The number of ether oxygens (including phenoxy) is 6. The van der Waals surface area contributed by atoms with Gasteiger partial charge in [0.15, 0.2) is 12.6 Å². The normalized spacial score (nSPS) is 24.5.